The molecule has 2 aromatic heterocycles. The lowest BCUT2D eigenvalue weighted by Crippen LogP contribution is -2.07. The van der Waals surface area contributed by atoms with E-state index in [2.05, 4.69) is 25.1 Å². The number of thiophene rings is 1. The summed E-state index contributed by atoms with van der Waals surface area (Å²) in [5.41, 5.74) is 1.11. The van der Waals surface area contributed by atoms with Gasteiger partial charge in [0.15, 0.2) is 5.78 Å². The highest BCUT2D eigenvalue weighted by molar-refractivity contribution is 7.14. The van der Waals surface area contributed by atoms with Crippen LogP contribution in [0.15, 0.2) is 48.7 Å². The Labute approximate surface area is 116 Å². The van der Waals surface area contributed by atoms with Gasteiger partial charge in [0.05, 0.1) is 11.4 Å². The Bertz CT molecular complexity index is 723. The zero-order valence-electron chi connectivity index (χ0n) is 10.8. The largest absolute Gasteiger partial charge is 0.340 e. The van der Waals surface area contributed by atoms with E-state index in [-0.39, 0.29) is 5.78 Å². The molecule has 19 heavy (non-hydrogen) atoms. The quantitative estimate of drug-likeness (QED) is 0.652. The normalized spacial score (nSPS) is 11.0. The van der Waals surface area contributed by atoms with Gasteiger partial charge in [-0.1, -0.05) is 25.1 Å². The molecular weight excluding hydrogens is 254 g/mol. The molecule has 0 N–H and O–H groups in total. The number of benzene rings is 1. The number of aryl methyl sites for hydroxylation is 1. The van der Waals surface area contributed by atoms with Crippen LogP contribution in [0.5, 0.6) is 0 Å². The Balaban J connectivity index is 1.86. The van der Waals surface area contributed by atoms with Gasteiger partial charge in [-0.15, -0.1) is 11.3 Å². The van der Waals surface area contributed by atoms with Crippen LogP contribution in [0.25, 0.3) is 10.9 Å². The fourth-order valence-corrected chi connectivity index (χ4v) is 3.11. The first-order chi connectivity index (χ1) is 9.28. The molecule has 0 aliphatic carbocycles. The molecule has 3 aromatic rings. The third kappa shape index (κ3) is 2.34. The number of ketones is 1. The number of rotatable bonds is 4. The molecule has 0 atom stereocenters. The minimum Gasteiger partial charge on any atom is -0.340 e. The van der Waals surface area contributed by atoms with Crippen LogP contribution in [0.3, 0.4) is 0 Å². The fourth-order valence-electron chi connectivity index (χ4n) is 2.23. The van der Waals surface area contributed by atoms with Crippen LogP contribution in [0.1, 0.15) is 21.5 Å². The van der Waals surface area contributed by atoms with Gasteiger partial charge in [-0.2, -0.15) is 0 Å². The molecular formula is C16H15NOS. The van der Waals surface area contributed by atoms with Gasteiger partial charge in [-0.25, -0.2) is 0 Å². The summed E-state index contributed by atoms with van der Waals surface area (Å²) in [6.45, 7) is 2.52. The van der Waals surface area contributed by atoms with Gasteiger partial charge in [0.25, 0.3) is 0 Å². The molecule has 0 fully saturated rings. The lowest BCUT2D eigenvalue weighted by molar-refractivity contribution is 0.0977. The lowest BCUT2D eigenvalue weighted by atomic mass is 10.2. The fraction of sp³-hybridized carbons (Fsp3) is 0.188. The van der Waals surface area contributed by atoms with Gasteiger partial charge in [-0.05, 0) is 36.1 Å². The molecule has 96 valence electrons. The van der Waals surface area contributed by atoms with Crippen LogP contribution in [-0.4, -0.2) is 10.4 Å². The van der Waals surface area contributed by atoms with Gasteiger partial charge in [0.1, 0.15) is 0 Å². The number of hydrogen-bond donors (Lipinski definition) is 0. The minimum atomic E-state index is 0.186. The van der Waals surface area contributed by atoms with Crippen LogP contribution >= 0.6 is 11.3 Å². The van der Waals surface area contributed by atoms with Crippen molar-refractivity contribution in [1.82, 2.24) is 4.57 Å². The predicted octanol–water partition coefficient (Wildman–Crippen LogP) is 4.15. The maximum Gasteiger partial charge on any atom is 0.192 e. The number of Topliss-reactive ketones (excluding diaryl/α,β-unsaturated/α-hetero) is 1. The van der Waals surface area contributed by atoms with Crippen molar-refractivity contribution in [2.45, 2.75) is 19.9 Å². The van der Waals surface area contributed by atoms with Crippen LogP contribution in [0.4, 0.5) is 0 Å². The second-order valence-corrected chi connectivity index (χ2v) is 5.71. The number of carbonyl (C=O) groups excluding carboxylic acids is 1. The van der Waals surface area contributed by atoms with E-state index in [1.54, 1.807) is 11.3 Å². The Morgan fingerprint density at radius 1 is 1.16 bits per heavy atom. The average molecular weight is 269 g/mol. The maximum absolute atomic E-state index is 12.3. The van der Waals surface area contributed by atoms with E-state index in [1.807, 2.05) is 35.0 Å². The summed E-state index contributed by atoms with van der Waals surface area (Å²) in [5.74, 6) is 0.186. The number of aromatic nitrogens is 1. The summed E-state index contributed by atoms with van der Waals surface area (Å²) >= 11 is 1.61. The predicted molar refractivity (Wildman–Crippen MR) is 80.0 cm³/mol. The van der Waals surface area contributed by atoms with Gasteiger partial charge >= 0.3 is 0 Å². The smallest absolute Gasteiger partial charge is 0.192 e. The van der Waals surface area contributed by atoms with Crippen LogP contribution in [-0.2, 0) is 13.0 Å². The molecule has 0 aliphatic rings. The van der Waals surface area contributed by atoms with E-state index in [1.165, 1.54) is 10.3 Å². The number of carbonyl (C=O) groups is 1. The van der Waals surface area contributed by atoms with Gasteiger partial charge in [0.2, 0.25) is 0 Å². The minimum absolute atomic E-state index is 0.186. The highest BCUT2D eigenvalue weighted by Crippen LogP contribution is 2.20. The second kappa shape index (κ2) is 5.02. The molecule has 0 spiro atoms. The zero-order chi connectivity index (χ0) is 13.2. The van der Waals surface area contributed by atoms with E-state index in [0.29, 0.717) is 6.54 Å². The molecule has 0 bridgehead atoms. The number of nitrogens with zero attached hydrogens (tertiary/aromatic N) is 1. The Morgan fingerprint density at radius 3 is 2.79 bits per heavy atom. The van der Waals surface area contributed by atoms with Crippen molar-refractivity contribution in [2.24, 2.45) is 0 Å². The Morgan fingerprint density at radius 2 is 2.00 bits per heavy atom. The van der Waals surface area contributed by atoms with Crippen LogP contribution in [0.2, 0.25) is 0 Å². The van der Waals surface area contributed by atoms with Crippen molar-refractivity contribution < 1.29 is 4.79 Å². The first-order valence-corrected chi connectivity index (χ1v) is 7.25. The zero-order valence-corrected chi connectivity index (χ0v) is 11.6. The van der Waals surface area contributed by atoms with Crippen LogP contribution < -0.4 is 0 Å². The van der Waals surface area contributed by atoms with Gasteiger partial charge < -0.3 is 4.57 Å². The summed E-state index contributed by atoms with van der Waals surface area (Å²) in [5, 5.41) is 1.18. The van der Waals surface area contributed by atoms with E-state index >= 15 is 0 Å². The molecule has 0 saturated carbocycles. The Kier molecular flexibility index (Phi) is 3.22. The van der Waals surface area contributed by atoms with Crippen molar-refractivity contribution in [3.8, 4) is 0 Å². The van der Waals surface area contributed by atoms with E-state index in [4.69, 9.17) is 0 Å². The first kappa shape index (κ1) is 12.2. The van der Waals surface area contributed by atoms with Crippen molar-refractivity contribution >= 4 is 28.0 Å². The molecule has 3 rings (SSSR count). The van der Waals surface area contributed by atoms with E-state index in [9.17, 15) is 4.79 Å². The molecule has 2 nitrogen and oxygen atoms in total. The highest BCUT2D eigenvalue weighted by Gasteiger charge is 2.10. The Hall–Kier alpha value is -1.87. The number of fused-ring (bicyclic) bond motifs is 1. The molecule has 0 amide bonds. The van der Waals surface area contributed by atoms with Crippen molar-refractivity contribution in [3.05, 3.63) is 58.4 Å². The van der Waals surface area contributed by atoms with E-state index < -0.39 is 0 Å². The standard InChI is InChI=1S/C16H15NOS/c1-2-13-7-8-16(19-13)15(18)11-17-10-9-12-5-3-4-6-14(12)17/h3-10H,2,11H2,1H3. The summed E-state index contributed by atoms with van der Waals surface area (Å²) < 4.78 is 2.02. The maximum atomic E-state index is 12.3. The SMILES string of the molecule is CCc1ccc(C(=O)Cn2ccc3ccccc32)s1. The number of hydrogen-bond acceptors (Lipinski definition) is 2. The lowest BCUT2D eigenvalue weighted by Gasteiger charge is -2.03. The monoisotopic (exact) mass is 269 g/mol. The van der Waals surface area contributed by atoms with E-state index in [0.717, 1.165) is 16.8 Å². The molecule has 0 radical (unpaired) electrons. The summed E-state index contributed by atoms with van der Waals surface area (Å²) in [6, 6.07) is 14.2. The third-order valence-electron chi connectivity index (χ3n) is 3.28. The van der Waals surface area contributed by atoms with Gasteiger partial charge in [-0.3, -0.25) is 4.79 Å². The first-order valence-electron chi connectivity index (χ1n) is 6.43. The molecule has 0 unspecified atom stereocenters. The van der Waals surface area contributed by atoms with Crippen molar-refractivity contribution in [2.75, 3.05) is 0 Å². The molecule has 3 heteroatoms. The topological polar surface area (TPSA) is 22.0 Å². The average Bonchev–Trinajstić information content (AvgIpc) is 3.06. The second-order valence-electron chi connectivity index (χ2n) is 4.55. The van der Waals surface area contributed by atoms with Gasteiger partial charge in [0, 0.05) is 16.6 Å². The van der Waals surface area contributed by atoms with Crippen molar-refractivity contribution in [1.29, 1.82) is 0 Å². The van der Waals surface area contributed by atoms with Crippen LogP contribution in [0, 0.1) is 0 Å². The van der Waals surface area contributed by atoms with Crippen molar-refractivity contribution in [3.63, 3.8) is 0 Å². The molecule has 0 saturated heterocycles. The molecule has 2 heterocycles. The third-order valence-corrected chi connectivity index (χ3v) is 4.55. The molecule has 1 aromatic carbocycles. The summed E-state index contributed by atoms with van der Waals surface area (Å²) in [7, 11) is 0. The summed E-state index contributed by atoms with van der Waals surface area (Å²) in [4.78, 5) is 14.4. The molecule has 0 aliphatic heterocycles. The summed E-state index contributed by atoms with van der Waals surface area (Å²) in [6.07, 6.45) is 2.97. The number of para-hydroxylation sites is 1. The highest BCUT2D eigenvalue weighted by atomic mass is 32.1.